The van der Waals surface area contributed by atoms with Crippen molar-refractivity contribution in [2.24, 2.45) is 20.9 Å². The van der Waals surface area contributed by atoms with Gasteiger partial charge in [0.05, 0.1) is 33.3 Å². The van der Waals surface area contributed by atoms with E-state index in [2.05, 4.69) is 237 Å². The summed E-state index contributed by atoms with van der Waals surface area (Å²) < 4.78 is 2.78. The van der Waals surface area contributed by atoms with Gasteiger partial charge in [-0.05, 0) is 183 Å². The third-order valence-electron chi connectivity index (χ3n) is 19.4. The Bertz CT molecular complexity index is 5130. The second-order valence-corrected chi connectivity index (χ2v) is 26.6. The lowest BCUT2D eigenvalue weighted by Gasteiger charge is -2.37. The van der Waals surface area contributed by atoms with Crippen molar-refractivity contribution in [3.8, 4) is 55.6 Å². The molecule has 5 aliphatic carbocycles. The fourth-order valence-electron chi connectivity index (χ4n) is 15.6. The van der Waals surface area contributed by atoms with Crippen LogP contribution in [0.1, 0.15) is 67.6 Å². The van der Waals surface area contributed by atoms with Crippen molar-refractivity contribution in [2.45, 2.75) is 17.3 Å². The van der Waals surface area contributed by atoms with Gasteiger partial charge in [0.1, 0.15) is 0 Å². The molecule has 1 aliphatic heterocycles. The van der Waals surface area contributed by atoms with Crippen molar-refractivity contribution in [3.05, 3.63) is 376 Å². The number of benzene rings is 12. The fraction of sp³-hybridized carbons (Fsp3) is 0.0476. The number of rotatable bonds is 8. The molecular weight excluding hydrogens is 1180 g/mol. The first-order chi connectivity index (χ1) is 43.6. The molecule has 0 aromatic heterocycles. The minimum atomic E-state index is -0.664. The number of hydrogen-bond acceptors (Lipinski definition) is 3. The Labute approximate surface area is 522 Å². The molecular formula is C84H54IN3. The van der Waals surface area contributed by atoms with Gasteiger partial charge in [0.2, 0.25) is 0 Å². The van der Waals surface area contributed by atoms with Crippen molar-refractivity contribution in [1.82, 2.24) is 0 Å². The second-order valence-electron chi connectivity index (χ2n) is 23.8. The lowest BCUT2D eigenvalue weighted by atomic mass is 9.64. The highest BCUT2D eigenvalue weighted by Crippen LogP contribution is 2.68. The minimum Gasteiger partial charge on any atom is -0.256 e. The van der Waals surface area contributed by atoms with Gasteiger partial charge in [-0.15, -0.1) is 0 Å². The molecule has 12 aromatic rings. The van der Waals surface area contributed by atoms with Crippen LogP contribution in [0.4, 0.5) is 11.4 Å². The van der Waals surface area contributed by atoms with Gasteiger partial charge < -0.3 is 0 Å². The maximum atomic E-state index is 5.83. The molecule has 0 radical (unpaired) electrons. The summed E-state index contributed by atoms with van der Waals surface area (Å²) >= 11 is -0.664. The summed E-state index contributed by atoms with van der Waals surface area (Å²) in [5.74, 6) is 0.145. The standard InChI is InChI=1S/C84H54IN3/c1-3-17-61(18-4-1)86-51-53-31-35-55(36-32-53)57-39-43-67-69-45-41-59(49-77(69)83(75(67)47-57)71-25-11-7-21-63(71)64-22-8-12-26-72(64)83)81-82(88-80-30-16-15-29-79(80)85-81)60-42-46-70-68-44-40-58(56-37-33-54(34-38-56)52-87-62-19-5-2-6-20-62)48-76(68)84(78(70)50-60)73-27-13-9-23-65(73)66-24-10-14-28-74(66)84/h1-48,50-52,77H,49H2. The molecule has 0 saturated carbocycles. The van der Waals surface area contributed by atoms with E-state index in [4.69, 9.17) is 15.0 Å². The second kappa shape index (κ2) is 20.2. The van der Waals surface area contributed by atoms with Gasteiger partial charge in [-0.2, -0.15) is 0 Å². The highest BCUT2D eigenvalue weighted by molar-refractivity contribution is 14.2. The van der Waals surface area contributed by atoms with Crippen molar-refractivity contribution in [2.75, 3.05) is 0 Å². The van der Waals surface area contributed by atoms with Gasteiger partial charge >= 0.3 is 0 Å². The molecule has 3 nitrogen and oxygen atoms in total. The Kier molecular flexibility index (Phi) is 11.7. The normalized spacial score (nSPS) is 16.2. The van der Waals surface area contributed by atoms with Crippen LogP contribution in [0, 0.1) is 9.07 Å². The zero-order chi connectivity index (χ0) is 57.9. The third-order valence-corrected chi connectivity index (χ3v) is 22.6. The summed E-state index contributed by atoms with van der Waals surface area (Å²) in [6, 6.07) is 106. The molecule has 0 amide bonds. The van der Waals surface area contributed by atoms with Gasteiger partial charge in [-0.1, -0.05) is 263 Å². The Hall–Kier alpha value is -10.3. The highest BCUT2D eigenvalue weighted by atomic mass is 127. The summed E-state index contributed by atoms with van der Waals surface area (Å²) in [7, 11) is 0. The Morgan fingerprint density at radius 3 is 1.36 bits per heavy atom. The predicted octanol–water partition coefficient (Wildman–Crippen LogP) is 20.4. The summed E-state index contributed by atoms with van der Waals surface area (Å²) in [5.41, 5.74) is 31.6. The van der Waals surface area contributed by atoms with E-state index in [-0.39, 0.29) is 5.92 Å². The zero-order valence-electron chi connectivity index (χ0n) is 47.9. The van der Waals surface area contributed by atoms with Crippen LogP contribution in [0.2, 0.25) is 0 Å². The Morgan fingerprint density at radius 1 is 0.364 bits per heavy atom. The number of halogens is 1. The quantitative estimate of drug-likeness (QED) is 0.107. The lowest BCUT2D eigenvalue weighted by molar-refractivity contribution is 0.488. The molecule has 1 unspecified atom stereocenters. The van der Waals surface area contributed by atoms with Gasteiger partial charge in [-0.25, -0.2) is 4.99 Å². The molecule has 4 heteroatoms. The van der Waals surface area contributed by atoms with Crippen LogP contribution in [0.3, 0.4) is 0 Å². The molecule has 6 aliphatic rings. The largest absolute Gasteiger partial charge is 0.256 e. The monoisotopic (exact) mass is 1230 g/mol. The van der Waals surface area contributed by atoms with E-state index in [1.54, 1.807) is 0 Å². The first kappa shape index (κ1) is 51.0. The lowest BCUT2D eigenvalue weighted by Crippen LogP contribution is -2.33. The molecule has 88 heavy (non-hydrogen) atoms. The van der Waals surface area contributed by atoms with E-state index in [0.717, 1.165) is 40.0 Å². The van der Waals surface area contributed by atoms with Crippen LogP contribution in [0.15, 0.2) is 321 Å². The number of nitrogens with zero attached hydrogens (tertiary/aromatic N) is 3. The first-order valence-electron chi connectivity index (χ1n) is 30.4. The average Bonchev–Trinajstić information content (AvgIpc) is 1.52. The number of para-hydroxylation sites is 3. The van der Waals surface area contributed by atoms with E-state index in [0.29, 0.717) is 0 Å². The van der Waals surface area contributed by atoms with Crippen molar-refractivity contribution in [1.29, 1.82) is 0 Å². The minimum absolute atomic E-state index is 0.145. The summed E-state index contributed by atoms with van der Waals surface area (Å²) in [6.07, 6.45) is 9.79. The zero-order valence-corrected chi connectivity index (χ0v) is 50.1. The smallest absolute Gasteiger partial charge is 0.0842 e. The maximum absolute atomic E-state index is 5.83. The van der Waals surface area contributed by atoms with Gasteiger partial charge in [-0.3, -0.25) is 9.98 Å². The Balaban J connectivity index is 0.784. The summed E-state index contributed by atoms with van der Waals surface area (Å²) in [4.78, 5) is 15.3. The first-order valence-corrected chi connectivity index (χ1v) is 32.6. The predicted molar refractivity (Wildman–Crippen MR) is 371 cm³/mol. The molecule has 412 valence electrons. The summed E-state index contributed by atoms with van der Waals surface area (Å²) in [5, 5.41) is 1.09. The van der Waals surface area contributed by atoms with Gasteiger partial charge in [0.15, 0.2) is 0 Å². The van der Waals surface area contributed by atoms with Crippen LogP contribution >= 0.6 is 20.7 Å². The van der Waals surface area contributed by atoms with Crippen LogP contribution in [-0.2, 0) is 10.8 Å². The molecule has 0 saturated heterocycles. The number of aliphatic imine (C=N–C) groups is 2. The van der Waals surface area contributed by atoms with Gasteiger partial charge in [0, 0.05) is 30.6 Å². The number of hydrogen-bond donors (Lipinski definition) is 0. The Morgan fingerprint density at radius 2 is 0.795 bits per heavy atom. The topological polar surface area (TPSA) is 37.1 Å². The van der Waals surface area contributed by atoms with E-state index >= 15 is 0 Å². The third kappa shape index (κ3) is 7.68. The average molecular weight is 1230 g/mol. The molecule has 0 N–H and O–H groups in total. The molecule has 18 rings (SSSR count). The van der Waals surface area contributed by atoms with E-state index in [1.807, 2.05) is 73.1 Å². The van der Waals surface area contributed by atoms with Gasteiger partial charge in [0.25, 0.3) is 0 Å². The number of allylic oxidation sites excluding steroid dienone is 5. The SMILES string of the molecule is C(=Nc1ccccc1)c1ccc(-c2ccc3c(c2)C2(c4ccccc4-c4ccccc42)c2cc(C4=C(C5=CC=C6c7ccc(-c8ccc(C=Nc9ccccc9)cc8)cc7C7(c8ccccc8-c8ccccc87)C6C5)I=c5ccccc5=N4)ccc2-3)cc1. The summed E-state index contributed by atoms with van der Waals surface area (Å²) in [6.45, 7) is 0. The molecule has 0 fully saturated rings. The van der Waals surface area contributed by atoms with E-state index in [1.165, 1.54) is 124 Å². The molecule has 1 heterocycles. The van der Waals surface area contributed by atoms with Crippen molar-refractivity contribution >= 4 is 55.8 Å². The fourth-order valence-corrected chi connectivity index (χ4v) is 18.6. The van der Waals surface area contributed by atoms with Crippen LogP contribution < -0.4 is 5.36 Å². The van der Waals surface area contributed by atoms with E-state index in [9.17, 15) is 0 Å². The van der Waals surface area contributed by atoms with Crippen molar-refractivity contribution in [3.63, 3.8) is 0 Å². The number of fused-ring (bicyclic) bond motifs is 21. The van der Waals surface area contributed by atoms with Crippen LogP contribution in [-0.4, -0.2) is 12.4 Å². The molecule has 0 bridgehead atoms. The highest BCUT2D eigenvalue weighted by Gasteiger charge is 2.57. The van der Waals surface area contributed by atoms with E-state index < -0.39 is 31.6 Å². The maximum Gasteiger partial charge on any atom is 0.0842 e. The molecule has 1 atom stereocenters. The molecule has 12 aromatic carbocycles. The van der Waals surface area contributed by atoms with Crippen LogP contribution in [0.25, 0.3) is 66.9 Å². The van der Waals surface area contributed by atoms with Crippen molar-refractivity contribution < 1.29 is 0 Å². The van der Waals surface area contributed by atoms with Crippen LogP contribution in [0.5, 0.6) is 0 Å². The molecule has 2 spiro atoms.